The molecule has 1 heterocycles. The number of carbonyl (C=O) groups is 1. The number of carboxylic acid groups (broad SMARTS) is 1. The molecule has 0 spiro atoms. The van der Waals surface area contributed by atoms with Crippen LogP contribution in [0.1, 0.15) is 63.5 Å². The third kappa shape index (κ3) is 4.10. The molecule has 4 aliphatic rings. The second-order valence-electron chi connectivity index (χ2n) is 8.57. The molecule has 8 heteroatoms. The number of aryl methyl sites for hydroxylation is 1. The molecule has 156 valence electrons. The van der Waals surface area contributed by atoms with Crippen molar-refractivity contribution in [2.24, 2.45) is 17.8 Å². The van der Waals surface area contributed by atoms with Crippen molar-refractivity contribution >= 4 is 5.97 Å². The lowest BCUT2D eigenvalue weighted by molar-refractivity contribution is -0.344. The first kappa shape index (κ1) is 20.9. The summed E-state index contributed by atoms with van der Waals surface area (Å²) >= 11 is 0. The maximum absolute atomic E-state index is 10.5. The zero-order valence-corrected chi connectivity index (χ0v) is 16.2. The Labute approximate surface area is 163 Å². The number of hydrogen-bond donors (Lipinski definition) is 0. The number of hydrogen-bond acceptors (Lipinski definition) is 4. The van der Waals surface area contributed by atoms with Gasteiger partial charge in [-0.2, -0.15) is 13.2 Å². The van der Waals surface area contributed by atoms with Crippen molar-refractivity contribution in [3.63, 3.8) is 0 Å². The van der Waals surface area contributed by atoms with Crippen molar-refractivity contribution in [2.75, 3.05) is 0 Å². The van der Waals surface area contributed by atoms with Crippen LogP contribution in [-0.2, 0) is 23.2 Å². The highest BCUT2D eigenvalue weighted by Crippen LogP contribution is 2.60. The first-order chi connectivity index (χ1) is 13.2. The Balaban J connectivity index is 0.000000279. The SMILES string of the molecule is C=CCn1c(CCC)nnc1C12CC3CC(CC(C3)C1)C2.O=C([O-])C(F)(F)F. The quantitative estimate of drug-likeness (QED) is 0.715. The fourth-order valence-electron chi connectivity index (χ4n) is 5.84. The van der Waals surface area contributed by atoms with E-state index in [1.165, 1.54) is 50.2 Å². The van der Waals surface area contributed by atoms with Gasteiger partial charge in [-0.15, -0.1) is 16.8 Å². The van der Waals surface area contributed by atoms with Crippen molar-refractivity contribution in [1.29, 1.82) is 0 Å². The predicted molar refractivity (Wildman–Crippen MR) is 95.1 cm³/mol. The molecular weight excluding hydrogens is 371 g/mol. The first-order valence-corrected chi connectivity index (χ1v) is 10.00. The van der Waals surface area contributed by atoms with Gasteiger partial charge < -0.3 is 14.5 Å². The van der Waals surface area contributed by atoms with Gasteiger partial charge in [0.05, 0.1) is 0 Å². The molecule has 4 saturated carbocycles. The Hall–Kier alpha value is -1.86. The molecule has 1 aromatic rings. The molecule has 0 amide bonds. The van der Waals surface area contributed by atoms with Gasteiger partial charge in [-0.25, -0.2) is 0 Å². The predicted octanol–water partition coefficient (Wildman–Crippen LogP) is 3.18. The van der Waals surface area contributed by atoms with E-state index in [0.717, 1.165) is 37.1 Å². The van der Waals surface area contributed by atoms with Crippen molar-refractivity contribution in [2.45, 2.75) is 76.4 Å². The van der Waals surface area contributed by atoms with Gasteiger partial charge in [0.25, 0.3) is 0 Å². The summed E-state index contributed by atoms with van der Waals surface area (Å²) in [5.74, 6) is 2.33. The molecule has 0 radical (unpaired) electrons. The Morgan fingerprint density at radius 1 is 1.21 bits per heavy atom. The number of halogens is 3. The van der Waals surface area contributed by atoms with Crippen LogP contribution in [0.3, 0.4) is 0 Å². The molecular formula is C20H27F3N3O2-. The van der Waals surface area contributed by atoms with E-state index in [-0.39, 0.29) is 0 Å². The molecule has 4 fully saturated rings. The summed E-state index contributed by atoms with van der Waals surface area (Å²) in [7, 11) is 0. The lowest BCUT2D eigenvalue weighted by atomic mass is 9.49. The number of alkyl halides is 3. The maximum atomic E-state index is 10.5. The lowest BCUT2D eigenvalue weighted by Gasteiger charge is -2.56. The van der Waals surface area contributed by atoms with Gasteiger partial charge >= 0.3 is 6.18 Å². The number of rotatable bonds is 5. The highest BCUT2D eigenvalue weighted by Gasteiger charge is 2.53. The fraction of sp³-hybridized carbons (Fsp3) is 0.750. The second kappa shape index (κ2) is 7.87. The van der Waals surface area contributed by atoms with Gasteiger partial charge in [0.15, 0.2) is 0 Å². The summed E-state index contributed by atoms with van der Waals surface area (Å²) in [5, 5.41) is 18.0. The second-order valence-corrected chi connectivity index (χ2v) is 8.57. The topological polar surface area (TPSA) is 70.8 Å². The zero-order valence-electron chi connectivity index (χ0n) is 16.2. The average molecular weight is 398 g/mol. The highest BCUT2D eigenvalue weighted by atomic mass is 19.4. The van der Waals surface area contributed by atoms with E-state index in [1.54, 1.807) is 0 Å². The smallest absolute Gasteiger partial charge is 0.430 e. The van der Waals surface area contributed by atoms with Crippen LogP contribution in [-0.4, -0.2) is 26.9 Å². The van der Waals surface area contributed by atoms with E-state index >= 15 is 0 Å². The molecule has 0 N–H and O–H groups in total. The maximum Gasteiger partial charge on any atom is 0.430 e. The van der Waals surface area contributed by atoms with Crippen LogP contribution in [0.25, 0.3) is 0 Å². The third-order valence-corrected chi connectivity index (χ3v) is 6.36. The summed E-state index contributed by atoms with van der Waals surface area (Å²) in [6, 6.07) is 0. The number of aromatic nitrogens is 3. The number of nitrogens with zero attached hydrogens (tertiary/aromatic N) is 3. The Morgan fingerprint density at radius 3 is 2.11 bits per heavy atom. The largest absolute Gasteiger partial charge is 0.542 e. The summed E-state index contributed by atoms with van der Waals surface area (Å²) in [6.45, 7) is 7.04. The van der Waals surface area contributed by atoms with Crippen LogP contribution in [0.5, 0.6) is 0 Å². The molecule has 0 aliphatic heterocycles. The van der Waals surface area contributed by atoms with Crippen LogP contribution in [0.4, 0.5) is 13.2 Å². The van der Waals surface area contributed by atoms with Crippen LogP contribution in [0.2, 0.25) is 0 Å². The molecule has 1 aromatic heterocycles. The van der Waals surface area contributed by atoms with Gasteiger partial charge in [0, 0.05) is 18.4 Å². The monoisotopic (exact) mass is 398 g/mol. The Bertz CT molecular complexity index is 691. The van der Waals surface area contributed by atoms with E-state index in [2.05, 4.69) is 23.2 Å². The highest BCUT2D eigenvalue weighted by molar-refractivity contribution is 5.70. The summed E-state index contributed by atoms with van der Waals surface area (Å²) in [6.07, 6.45) is 7.51. The van der Waals surface area contributed by atoms with E-state index in [9.17, 15) is 13.2 Å². The van der Waals surface area contributed by atoms with Crippen molar-refractivity contribution in [3.8, 4) is 0 Å². The average Bonchev–Trinajstić information content (AvgIpc) is 2.98. The molecule has 28 heavy (non-hydrogen) atoms. The summed E-state index contributed by atoms with van der Waals surface area (Å²) in [5.41, 5.74) is 0.344. The first-order valence-electron chi connectivity index (χ1n) is 10.00. The molecule has 0 saturated heterocycles. The minimum absolute atomic E-state index is 0.344. The van der Waals surface area contributed by atoms with E-state index in [4.69, 9.17) is 15.0 Å². The zero-order chi connectivity index (χ0) is 20.5. The standard InChI is InChI=1S/C18H27N3.C2HF3O2/c1-3-5-16-19-20-17(21(16)6-4-2)18-10-13-7-14(11-18)9-15(8-13)12-18;3-2(4,5)1(6)7/h4,13-15H,2-3,5-12H2,1H3;(H,6,7)/p-1. The molecule has 4 bridgehead atoms. The molecule has 4 aliphatic carbocycles. The van der Waals surface area contributed by atoms with E-state index in [0.29, 0.717) is 5.41 Å². The van der Waals surface area contributed by atoms with Crippen LogP contribution < -0.4 is 5.11 Å². The Kier molecular flexibility index (Phi) is 5.87. The Morgan fingerprint density at radius 2 is 1.71 bits per heavy atom. The van der Waals surface area contributed by atoms with Crippen molar-refractivity contribution < 1.29 is 23.1 Å². The van der Waals surface area contributed by atoms with Gasteiger partial charge in [-0.1, -0.05) is 13.0 Å². The molecule has 0 aromatic carbocycles. The van der Waals surface area contributed by atoms with Crippen LogP contribution >= 0.6 is 0 Å². The minimum atomic E-state index is -5.19. The molecule has 0 unspecified atom stereocenters. The van der Waals surface area contributed by atoms with Gasteiger partial charge in [-0.05, 0) is 62.7 Å². The molecule has 5 rings (SSSR count). The van der Waals surface area contributed by atoms with Gasteiger partial charge in [-0.3, -0.25) is 0 Å². The number of carbonyl (C=O) groups excluding carboxylic acids is 1. The minimum Gasteiger partial charge on any atom is -0.542 e. The summed E-state index contributed by atoms with van der Waals surface area (Å²) < 4.78 is 33.9. The number of allylic oxidation sites excluding steroid dienone is 1. The van der Waals surface area contributed by atoms with E-state index < -0.39 is 12.1 Å². The molecule has 5 nitrogen and oxygen atoms in total. The van der Waals surface area contributed by atoms with Gasteiger partial charge in [0.1, 0.15) is 17.6 Å². The third-order valence-electron chi connectivity index (χ3n) is 6.36. The molecule has 0 atom stereocenters. The van der Waals surface area contributed by atoms with E-state index in [1.807, 2.05) is 6.08 Å². The lowest BCUT2D eigenvalue weighted by Crippen LogP contribution is -2.49. The normalized spacial score (nSPS) is 30.6. The number of aliphatic carboxylic acids is 1. The van der Waals surface area contributed by atoms with Crippen LogP contribution in [0, 0.1) is 17.8 Å². The number of carboxylic acids is 1. The van der Waals surface area contributed by atoms with Crippen molar-refractivity contribution in [3.05, 3.63) is 24.3 Å². The summed E-state index contributed by atoms with van der Waals surface area (Å²) in [4.78, 5) is 8.78. The fourth-order valence-corrected chi connectivity index (χ4v) is 5.84. The van der Waals surface area contributed by atoms with Gasteiger partial charge in [0.2, 0.25) is 0 Å². The van der Waals surface area contributed by atoms with Crippen molar-refractivity contribution in [1.82, 2.24) is 14.8 Å². The van der Waals surface area contributed by atoms with Crippen LogP contribution in [0.15, 0.2) is 12.7 Å².